The van der Waals surface area contributed by atoms with E-state index in [9.17, 15) is 0 Å². The van der Waals surface area contributed by atoms with Gasteiger partial charge in [-0.2, -0.15) is 0 Å². The van der Waals surface area contributed by atoms with Crippen LogP contribution in [0.4, 0.5) is 0 Å². The number of halogens is 1. The molecular formula is C18H18B5BrO. The quantitative estimate of drug-likeness (QED) is 0.459. The van der Waals surface area contributed by atoms with Crippen molar-refractivity contribution in [2.24, 2.45) is 0 Å². The van der Waals surface area contributed by atoms with E-state index < -0.39 is 0 Å². The normalized spacial score (nSPS) is 20.6. The number of hydrogen-bond donors (Lipinski definition) is 0. The van der Waals surface area contributed by atoms with Gasteiger partial charge in [0, 0.05) is 16.0 Å². The first-order valence-electron chi connectivity index (χ1n) is 8.82. The van der Waals surface area contributed by atoms with E-state index >= 15 is 0 Å². The Morgan fingerprint density at radius 1 is 0.880 bits per heavy atom. The molecule has 0 saturated carbocycles. The molecule has 118 valence electrons. The molecule has 1 heterocycles. The van der Waals surface area contributed by atoms with Crippen molar-refractivity contribution in [2.45, 2.75) is 12.0 Å². The second kappa shape index (κ2) is 6.05. The fraction of sp³-hybridized carbons (Fsp3) is 0.111. The van der Waals surface area contributed by atoms with Gasteiger partial charge in [0.2, 0.25) is 0 Å². The molecule has 0 aromatic heterocycles. The van der Waals surface area contributed by atoms with E-state index in [1.165, 1.54) is 44.0 Å². The largest absolute Gasteiger partial charge is 0.485 e. The minimum Gasteiger partial charge on any atom is -0.485 e. The average molecular weight is 384 g/mol. The average Bonchev–Trinajstić information content (AvgIpc) is 2.95. The topological polar surface area (TPSA) is 9.23 Å². The summed E-state index contributed by atoms with van der Waals surface area (Å²) in [6.07, 6.45) is 6.99. The third-order valence-electron chi connectivity index (χ3n) is 6.07. The number of ether oxygens (including phenoxy) is 1. The second-order valence-corrected chi connectivity index (χ2v) is 8.19. The summed E-state index contributed by atoms with van der Waals surface area (Å²) in [5, 5.41) is 0. The molecular weight excluding hydrogens is 366 g/mol. The minimum absolute atomic E-state index is 0.0880. The summed E-state index contributed by atoms with van der Waals surface area (Å²) >= 11 is 3.54. The molecule has 1 aliphatic carbocycles. The Balaban J connectivity index is 1.79. The highest BCUT2D eigenvalue weighted by Crippen LogP contribution is 2.43. The van der Waals surface area contributed by atoms with Crippen LogP contribution in [0.1, 0.15) is 17.0 Å². The molecule has 7 heteroatoms. The highest BCUT2D eigenvalue weighted by molar-refractivity contribution is 9.10. The highest BCUT2D eigenvalue weighted by Gasteiger charge is 2.33. The van der Waals surface area contributed by atoms with Crippen molar-refractivity contribution in [2.75, 3.05) is 0 Å². The summed E-state index contributed by atoms with van der Waals surface area (Å²) in [6.45, 7) is 0. The monoisotopic (exact) mass is 384 g/mol. The van der Waals surface area contributed by atoms with Crippen LogP contribution in [0.5, 0.6) is 5.75 Å². The summed E-state index contributed by atoms with van der Waals surface area (Å²) in [7, 11) is 11.2. The van der Waals surface area contributed by atoms with Gasteiger partial charge in [-0.25, -0.2) is 0 Å². The first-order chi connectivity index (χ1) is 11.9. The Labute approximate surface area is 162 Å². The van der Waals surface area contributed by atoms with Gasteiger partial charge < -0.3 is 4.74 Å². The van der Waals surface area contributed by atoms with Gasteiger partial charge in [0.05, 0.1) is 0 Å². The van der Waals surface area contributed by atoms with Crippen molar-refractivity contribution < 1.29 is 4.74 Å². The molecule has 2 unspecified atom stereocenters. The summed E-state index contributed by atoms with van der Waals surface area (Å²) in [5.74, 6) is 1.32. The first-order valence-corrected chi connectivity index (χ1v) is 9.61. The Kier molecular flexibility index (Phi) is 4.11. The molecule has 0 saturated heterocycles. The second-order valence-electron chi connectivity index (χ2n) is 7.27. The zero-order valence-corrected chi connectivity index (χ0v) is 17.0. The van der Waals surface area contributed by atoms with Crippen LogP contribution in [0.3, 0.4) is 0 Å². The third-order valence-corrected chi connectivity index (χ3v) is 6.56. The van der Waals surface area contributed by atoms with Gasteiger partial charge in [-0.05, 0) is 29.3 Å². The number of hydrogen-bond acceptors (Lipinski definition) is 1. The molecule has 2 atom stereocenters. The highest BCUT2D eigenvalue weighted by atomic mass is 79.9. The molecule has 0 radical (unpaired) electrons. The van der Waals surface area contributed by atoms with Gasteiger partial charge in [0.1, 0.15) is 51.1 Å². The van der Waals surface area contributed by atoms with E-state index in [4.69, 9.17) is 4.74 Å². The zero-order chi connectivity index (χ0) is 17.9. The van der Waals surface area contributed by atoms with E-state index in [0.29, 0.717) is 5.92 Å². The smallest absolute Gasteiger partial charge is 0.139 e. The van der Waals surface area contributed by atoms with E-state index in [0.717, 1.165) is 10.2 Å². The number of rotatable bonds is 1. The lowest BCUT2D eigenvalue weighted by molar-refractivity contribution is 0.269. The molecule has 2 aliphatic rings. The van der Waals surface area contributed by atoms with Crippen LogP contribution in [0, 0.1) is 0 Å². The predicted octanol–water partition coefficient (Wildman–Crippen LogP) is -3.76. The molecule has 0 bridgehead atoms. The van der Waals surface area contributed by atoms with Crippen molar-refractivity contribution in [3.63, 3.8) is 0 Å². The van der Waals surface area contributed by atoms with Gasteiger partial charge in [0.15, 0.2) is 0 Å². The zero-order valence-electron chi connectivity index (χ0n) is 15.4. The van der Waals surface area contributed by atoms with Crippen LogP contribution in [0.2, 0.25) is 0 Å². The van der Waals surface area contributed by atoms with Gasteiger partial charge in [-0.3, -0.25) is 0 Å². The Morgan fingerprint density at radius 3 is 2.20 bits per heavy atom. The van der Waals surface area contributed by atoms with Crippen molar-refractivity contribution in [3.05, 3.63) is 52.0 Å². The predicted molar refractivity (Wildman–Crippen MR) is 126 cm³/mol. The molecule has 1 nitrogen and oxygen atoms in total. The number of allylic oxidation sites excluding steroid dienone is 2. The minimum atomic E-state index is 0.0880. The Bertz CT molecular complexity index is 937. The third kappa shape index (κ3) is 2.59. The Morgan fingerprint density at radius 2 is 1.52 bits per heavy atom. The van der Waals surface area contributed by atoms with Crippen LogP contribution < -0.4 is 32.1 Å². The molecule has 25 heavy (non-hydrogen) atoms. The van der Waals surface area contributed by atoms with Crippen LogP contribution in [0.15, 0.2) is 40.9 Å². The summed E-state index contributed by atoms with van der Waals surface area (Å²) in [6, 6.07) is 6.34. The molecule has 4 rings (SSSR count). The number of fused-ring (bicyclic) bond motifs is 3. The maximum atomic E-state index is 6.25. The molecule has 1 aliphatic heterocycles. The van der Waals surface area contributed by atoms with Crippen LogP contribution >= 0.6 is 15.9 Å². The van der Waals surface area contributed by atoms with Gasteiger partial charge in [-0.1, -0.05) is 45.1 Å². The Hall–Kier alpha value is -1.48. The fourth-order valence-corrected chi connectivity index (χ4v) is 4.51. The fourth-order valence-electron chi connectivity index (χ4n) is 4.17. The first kappa shape index (κ1) is 17.0. The van der Waals surface area contributed by atoms with Crippen LogP contribution in [-0.2, 0) is 0 Å². The van der Waals surface area contributed by atoms with Crippen LogP contribution in [0.25, 0.3) is 5.57 Å². The van der Waals surface area contributed by atoms with Crippen LogP contribution in [-0.4, -0.2) is 45.3 Å². The van der Waals surface area contributed by atoms with Crippen molar-refractivity contribution in [1.29, 1.82) is 0 Å². The molecule has 0 amide bonds. The molecule has 2 aromatic rings. The summed E-state index contributed by atoms with van der Waals surface area (Å²) in [4.78, 5) is 0. The van der Waals surface area contributed by atoms with E-state index in [1.54, 1.807) is 0 Å². The lowest BCUT2D eigenvalue weighted by Crippen LogP contribution is -2.56. The van der Waals surface area contributed by atoms with E-state index in [1.807, 2.05) is 0 Å². The number of benzene rings is 2. The van der Waals surface area contributed by atoms with Gasteiger partial charge in [0.25, 0.3) is 0 Å². The summed E-state index contributed by atoms with van der Waals surface area (Å²) < 4.78 is 7.31. The molecule has 0 N–H and O–H groups in total. The molecule has 0 fully saturated rings. The molecule has 0 spiro atoms. The lowest BCUT2D eigenvalue weighted by atomic mass is 9.59. The van der Waals surface area contributed by atoms with Crippen molar-refractivity contribution in [3.8, 4) is 5.75 Å². The lowest BCUT2D eigenvalue weighted by Gasteiger charge is -2.24. The SMILES string of the molecule is Bc1c(B)c(B)c(C2=CC3Oc4cc(Br)ccc4C3C=C2)c(B)c1B. The maximum Gasteiger partial charge on any atom is 0.139 e. The van der Waals surface area contributed by atoms with Crippen molar-refractivity contribution in [1.82, 2.24) is 0 Å². The van der Waals surface area contributed by atoms with E-state index in [-0.39, 0.29) is 6.10 Å². The van der Waals surface area contributed by atoms with Crippen molar-refractivity contribution >= 4 is 88.0 Å². The van der Waals surface area contributed by atoms with Gasteiger partial charge >= 0.3 is 0 Å². The summed E-state index contributed by atoms with van der Waals surface area (Å²) in [5.41, 5.74) is 10.9. The van der Waals surface area contributed by atoms with Gasteiger partial charge in [-0.15, -0.1) is 16.4 Å². The molecule has 2 aromatic carbocycles. The maximum absolute atomic E-state index is 6.25. The van der Waals surface area contributed by atoms with E-state index in [2.05, 4.69) is 91.6 Å². The standard InChI is InChI=1S/C18H18B5BrO/c19-14-13(15(20)17(22)18(23)16(14)21)7-1-3-9-10-4-2-8(24)6-12(10)25-11(9)5-7/h1-6,9,11H,19-23H2.